The summed E-state index contributed by atoms with van der Waals surface area (Å²) < 4.78 is 0. The highest BCUT2D eigenvalue weighted by atomic mass is 32.2. The van der Waals surface area contributed by atoms with E-state index >= 15 is 0 Å². The van der Waals surface area contributed by atoms with Crippen LogP contribution in [0.25, 0.3) is 0 Å². The molecule has 0 fully saturated rings. The second-order valence-corrected chi connectivity index (χ2v) is 9.01. The van der Waals surface area contributed by atoms with Gasteiger partial charge in [0, 0.05) is 18.3 Å². The molecule has 4 unspecified atom stereocenters. The molecule has 4 atom stereocenters. The van der Waals surface area contributed by atoms with E-state index in [0.29, 0.717) is 11.4 Å². The van der Waals surface area contributed by atoms with Crippen LogP contribution in [0.15, 0.2) is 12.5 Å². The van der Waals surface area contributed by atoms with Crippen LogP contribution in [0.4, 0.5) is 0 Å². The minimum absolute atomic E-state index is 0.00122. The van der Waals surface area contributed by atoms with Crippen LogP contribution in [0.3, 0.4) is 0 Å². The Morgan fingerprint density at radius 2 is 1.65 bits per heavy atom. The van der Waals surface area contributed by atoms with E-state index in [1.54, 1.807) is 20.1 Å². The molecular weight excluding hydrogens is 466 g/mol. The van der Waals surface area contributed by atoms with Gasteiger partial charge in [-0.15, -0.1) is 0 Å². The Morgan fingerprint density at radius 1 is 1.06 bits per heavy atom. The first-order valence-electron chi connectivity index (χ1n) is 10.6. The predicted molar refractivity (Wildman–Crippen MR) is 125 cm³/mol. The van der Waals surface area contributed by atoms with Crippen molar-refractivity contribution in [3.8, 4) is 0 Å². The molecule has 13 nitrogen and oxygen atoms in total. The van der Waals surface area contributed by atoms with Gasteiger partial charge in [-0.05, 0) is 24.3 Å². The molecule has 34 heavy (non-hydrogen) atoms. The number of aliphatic carboxylic acids is 1. The fourth-order valence-corrected chi connectivity index (χ4v) is 3.32. The molecule has 190 valence electrons. The van der Waals surface area contributed by atoms with E-state index in [9.17, 15) is 29.1 Å². The van der Waals surface area contributed by atoms with Crippen LogP contribution in [-0.2, 0) is 30.4 Å². The van der Waals surface area contributed by atoms with Gasteiger partial charge in [-0.2, -0.15) is 11.8 Å². The van der Waals surface area contributed by atoms with Gasteiger partial charge in [-0.1, -0.05) is 13.8 Å². The topological polar surface area (TPSA) is 222 Å². The number of rotatable bonds is 15. The molecule has 0 aliphatic heterocycles. The summed E-state index contributed by atoms with van der Waals surface area (Å²) in [6, 6.07) is -4.69. The molecule has 1 heterocycles. The third-order valence-electron chi connectivity index (χ3n) is 4.90. The summed E-state index contributed by atoms with van der Waals surface area (Å²) in [5, 5.41) is 16.6. The number of carboxylic acids is 1. The van der Waals surface area contributed by atoms with Crippen LogP contribution in [0, 0.1) is 5.92 Å². The van der Waals surface area contributed by atoms with E-state index in [0.717, 1.165) is 0 Å². The molecule has 0 bridgehead atoms. The Kier molecular flexibility index (Phi) is 12.1. The van der Waals surface area contributed by atoms with E-state index in [1.165, 1.54) is 24.3 Å². The third kappa shape index (κ3) is 9.79. The molecule has 0 spiro atoms. The standard InChI is InChI=1S/C20H33N7O6S/c1-10(2)16(22)19(31)27-13(6-11-8-23-9-24-11)17(29)26-14(7-15(21)28)18(30)25-12(20(32)33)4-5-34-3/h8-10,12-14,16H,4-7,22H2,1-3H3,(H2,21,28)(H,23,24)(H,25,30)(H,26,29)(H,27,31)(H,32,33). The number of nitrogens with one attached hydrogen (secondary N) is 4. The number of aromatic amines is 1. The SMILES string of the molecule is CSCCC(NC(=O)C(CC(N)=O)NC(=O)C(Cc1cnc[nH]1)NC(=O)C(N)C(C)C)C(=O)O. The molecule has 0 aromatic carbocycles. The highest BCUT2D eigenvalue weighted by Gasteiger charge is 2.31. The van der Waals surface area contributed by atoms with E-state index in [4.69, 9.17) is 11.5 Å². The summed E-state index contributed by atoms with van der Waals surface area (Å²) in [6.07, 6.45) is 4.23. The van der Waals surface area contributed by atoms with Crippen molar-refractivity contribution in [2.45, 2.75) is 57.3 Å². The van der Waals surface area contributed by atoms with E-state index in [-0.39, 0.29) is 18.8 Å². The van der Waals surface area contributed by atoms with Gasteiger partial charge >= 0.3 is 5.97 Å². The fourth-order valence-electron chi connectivity index (χ4n) is 2.84. The molecule has 0 saturated heterocycles. The molecular formula is C20H33N7O6S. The van der Waals surface area contributed by atoms with Crippen LogP contribution in [0.2, 0.25) is 0 Å². The van der Waals surface area contributed by atoms with E-state index in [2.05, 4.69) is 25.9 Å². The number of amides is 4. The fraction of sp³-hybridized carbons (Fsp3) is 0.600. The van der Waals surface area contributed by atoms with Gasteiger partial charge in [0.2, 0.25) is 23.6 Å². The maximum atomic E-state index is 13.0. The summed E-state index contributed by atoms with van der Waals surface area (Å²) in [4.78, 5) is 67.9. The number of aromatic nitrogens is 2. The maximum Gasteiger partial charge on any atom is 0.326 e. The number of carbonyl (C=O) groups is 5. The van der Waals surface area contributed by atoms with Gasteiger partial charge in [0.05, 0.1) is 18.8 Å². The number of nitrogens with two attached hydrogens (primary N) is 2. The molecule has 0 aliphatic rings. The highest BCUT2D eigenvalue weighted by molar-refractivity contribution is 7.98. The van der Waals surface area contributed by atoms with E-state index < -0.39 is 60.2 Å². The quantitative estimate of drug-likeness (QED) is 0.143. The van der Waals surface area contributed by atoms with Crippen LogP contribution in [-0.4, -0.2) is 80.8 Å². The number of thioether (sulfide) groups is 1. The predicted octanol–water partition coefficient (Wildman–Crippen LogP) is -1.90. The first-order chi connectivity index (χ1) is 16.0. The molecule has 0 saturated carbocycles. The lowest BCUT2D eigenvalue weighted by molar-refractivity contribution is -0.142. The molecule has 1 aromatic heterocycles. The van der Waals surface area contributed by atoms with Crippen LogP contribution >= 0.6 is 11.8 Å². The van der Waals surface area contributed by atoms with Gasteiger partial charge in [0.15, 0.2) is 0 Å². The summed E-state index contributed by atoms with van der Waals surface area (Å²) in [7, 11) is 0. The number of imidazole rings is 1. The molecule has 9 N–H and O–H groups in total. The Morgan fingerprint density at radius 3 is 2.15 bits per heavy atom. The van der Waals surface area contributed by atoms with Crippen molar-refractivity contribution in [3.05, 3.63) is 18.2 Å². The number of carboxylic acid groups (broad SMARTS) is 1. The molecule has 14 heteroatoms. The van der Waals surface area contributed by atoms with E-state index in [1.807, 2.05) is 0 Å². The number of H-pyrrole nitrogens is 1. The summed E-state index contributed by atoms with van der Waals surface area (Å²) >= 11 is 1.40. The van der Waals surface area contributed by atoms with Gasteiger partial charge in [0.25, 0.3) is 0 Å². The number of primary amides is 1. The lowest BCUT2D eigenvalue weighted by Crippen LogP contribution is -2.58. The van der Waals surface area contributed by atoms with Gasteiger partial charge in [-0.25, -0.2) is 9.78 Å². The Labute approximate surface area is 201 Å². The van der Waals surface area contributed by atoms with Crippen LogP contribution in [0.1, 0.15) is 32.4 Å². The van der Waals surface area contributed by atoms with Crippen LogP contribution < -0.4 is 27.4 Å². The average Bonchev–Trinajstić information content (AvgIpc) is 3.27. The average molecular weight is 500 g/mol. The number of hydrogen-bond donors (Lipinski definition) is 7. The minimum atomic E-state index is -1.44. The Hall–Kier alpha value is -3.13. The van der Waals surface area contributed by atoms with Crippen molar-refractivity contribution in [3.63, 3.8) is 0 Å². The molecule has 1 aromatic rings. The second kappa shape index (κ2) is 14.2. The Balaban J connectivity index is 3.04. The molecule has 0 aliphatic carbocycles. The third-order valence-corrected chi connectivity index (χ3v) is 5.54. The lowest BCUT2D eigenvalue weighted by atomic mass is 10.0. The zero-order valence-electron chi connectivity index (χ0n) is 19.4. The zero-order valence-corrected chi connectivity index (χ0v) is 20.2. The Bertz CT molecular complexity index is 848. The van der Waals surface area contributed by atoms with Crippen molar-refractivity contribution < 1.29 is 29.1 Å². The summed E-state index contributed by atoms with van der Waals surface area (Å²) in [5.74, 6) is -4.10. The van der Waals surface area contributed by atoms with Gasteiger partial charge in [-0.3, -0.25) is 19.2 Å². The van der Waals surface area contributed by atoms with Crippen LogP contribution in [0.5, 0.6) is 0 Å². The molecule has 1 rings (SSSR count). The minimum Gasteiger partial charge on any atom is -0.480 e. The normalized spacial score (nSPS) is 14.5. The largest absolute Gasteiger partial charge is 0.480 e. The van der Waals surface area contributed by atoms with Crippen molar-refractivity contribution in [2.75, 3.05) is 12.0 Å². The second-order valence-electron chi connectivity index (χ2n) is 8.02. The first kappa shape index (κ1) is 28.9. The van der Waals surface area contributed by atoms with Crippen molar-refractivity contribution >= 4 is 41.4 Å². The summed E-state index contributed by atoms with van der Waals surface area (Å²) in [6.45, 7) is 3.49. The van der Waals surface area contributed by atoms with Gasteiger partial charge in [0.1, 0.15) is 18.1 Å². The number of nitrogens with zero attached hydrogens (tertiary/aromatic N) is 1. The van der Waals surface area contributed by atoms with Gasteiger partial charge < -0.3 is 37.5 Å². The number of hydrogen-bond acceptors (Lipinski definition) is 8. The monoisotopic (exact) mass is 499 g/mol. The van der Waals surface area contributed by atoms with Crippen molar-refractivity contribution in [1.82, 2.24) is 25.9 Å². The first-order valence-corrected chi connectivity index (χ1v) is 12.0. The molecule has 0 radical (unpaired) electrons. The van der Waals surface area contributed by atoms with Crippen molar-refractivity contribution in [1.29, 1.82) is 0 Å². The smallest absolute Gasteiger partial charge is 0.326 e. The van der Waals surface area contributed by atoms with Crippen molar-refractivity contribution in [2.24, 2.45) is 17.4 Å². The highest BCUT2D eigenvalue weighted by Crippen LogP contribution is 2.06. The maximum absolute atomic E-state index is 13.0. The summed E-state index contributed by atoms with van der Waals surface area (Å²) in [5.41, 5.74) is 11.6. The number of carbonyl (C=O) groups excluding carboxylic acids is 4. The lowest BCUT2D eigenvalue weighted by Gasteiger charge is -2.25. The molecule has 4 amide bonds. The zero-order chi connectivity index (χ0) is 25.8.